The molecule has 0 saturated heterocycles. The smallest absolute Gasteiger partial charge is 0.267 e. The van der Waals surface area contributed by atoms with Crippen LogP contribution < -0.4 is 5.56 Å². The molecule has 5 heteroatoms. The first-order chi connectivity index (χ1) is 11.6. The Hall–Kier alpha value is -2.79. The van der Waals surface area contributed by atoms with E-state index < -0.39 is 0 Å². The molecule has 0 N–H and O–H groups in total. The van der Waals surface area contributed by atoms with E-state index in [4.69, 9.17) is 0 Å². The van der Waals surface area contributed by atoms with Gasteiger partial charge in [0.1, 0.15) is 16.8 Å². The molecule has 2 heterocycles. The predicted molar refractivity (Wildman–Crippen MR) is 95.3 cm³/mol. The van der Waals surface area contributed by atoms with Crippen molar-refractivity contribution in [2.24, 2.45) is 0 Å². The SMILES string of the molecule is Cc1cccc(-n2cnc3c(-c4ccccc4F)csc3c2=O)c1. The van der Waals surface area contributed by atoms with Crippen molar-refractivity contribution in [3.05, 3.63) is 82.0 Å². The zero-order valence-corrected chi connectivity index (χ0v) is 13.7. The molecule has 2 aromatic carbocycles. The Morgan fingerprint density at radius 3 is 2.71 bits per heavy atom. The minimum Gasteiger partial charge on any atom is -0.267 e. The number of fused-ring (bicyclic) bond motifs is 1. The Bertz CT molecular complexity index is 1110. The van der Waals surface area contributed by atoms with Gasteiger partial charge in [-0.15, -0.1) is 11.3 Å². The fourth-order valence-corrected chi connectivity index (χ4v) is 3.69. The van der Waals surface area contributed by atoms with E-state index in [1.165, 1.54) is 28.3 Å². The summed E-state index contributed by atoms with van der Waals surface area (Å²) in [4.78, 5) is 17.2. The van der Waals surface area contributed by atoms with Crippen LogP contribution in [0.3, 0.4) is 0 Å². The van der Waals surface area contributed by atoms with Gasteiger partial charge in [-0.05, 0) is 30.7 Å². The summed E-state index contributed by atoms with van der Waals surface area (Å²) in [5.41, 5.74) is 3.36. The number of hydrogen-bond donors (Lipinski definition) is 0. The number of aryl methyl sites for hydroxylation is 1. The third-order valence-corrected chi connectivity index (χ3v) is 4.88. The van der Waals surface area contributed by atoms with E-state index in [-0.39, 0.29) is 11.4 Å². The van der Waals surface area contributed by atoms with Gasteiger partial charge in [-0.25, -0.2) is 9.37 Å². The fourth-order valence-electron chi connectivity index (χ4n) is 2.74. The number of benzene rings is 2. The van der Waals surface area contributed by atoms with Gasteiger partial charge in [0.2, 0.25) is 0 Å². The molecule has 4 rings (SSSR count). The van der Waals surface area contributed by atoms with Gasteiger partial charge in [-0.1, -0.05) is 30.3 Å². The summed E-state index contributed by atoms with van der Waals surface area (Å²) in [5, 5.41) is 1.79. The molecule has 2 aromatic heterocycles. The highest BCUT2D eigenvalue weighted by Gasteiger charge is 2.15. The van der Waals surface area contributed by atoms with Crippen molar-refractivity contribution < 1.29 is 4.39 Å². The molecular formula is C19H13FN2OS. The first-order valence-electron chi connectivity index (χ1n) is 7.46. The average molecular weight is 336 g/mol. The lowest BCUT2D eigenvalue weighted by Crippen LogP contribution is -2.17. The van der Waals surface area contributed by atoms with Crippen molar-refractivity contribution in [3.63, 3.8) is 0 Å². The molecule has 0 saturated carbocycles. The molecule has 4 aromatic rings. The van der Waals surface area contributed by atoms with Crippen molar-refractivity contribution in [2.45, 2.75) is 6.92 Å². The van der Waals surface area contributed by atoms with Crippen molar-refractivity contribution in [1.82, 2.24) is 9.55 Å². The Kier molecular flexibility index (Phi) is 3.50. The zero-order valence-electron chi connectivity index (χ0n) is 12.9. The quantitative estimate of drug-likeness (QED) is 0.538. The summed E-state index contributed by atoms with van der Waals surface area (Å²) in [6, 6.07) is 14.2. The molecule has 0 spiro atoms. The largest absolute Gasteiger partial charge is 0.275 e. The molecule has 118 valence electrons. The maximum Gasteiger partial charge on any atom is 0.275 e. The molecule has 0 aliphatic rings. The van der Waals surface area contributed by atoms with Gasteiger partial charge in [0.15, 0.2) is 0 Å². The molecule has 3 nitrogen and oxygen atoms in total. The lowest BCUT2D eigenvalue weighted by atomic mass is 10.1. The van der Waals surface area contributed by atoms with Crippen molar-refractivity contribution in [1.29, 1.82) is 0 Å². The van der Waals surface area contributed by atoms with Crippen LogP contribution in [0.25, 0.3) is 27.0 Å². The van der Waals surface area contributed by atoms with Crippen LogP contribution in [0.2, 0.25) is 0 Å². The fraction of sp³-hybridized carbons (Fsp3) is 0.0526. The van der Waals surface area contributed by atoms with Crippen LogP contribution in [-0.2, 0) is 0 Å². The predicted octanol–water partition coefficient (Wildman–Crippen LogP) is 4.56. The Balaban J connectivity index is 1.94. The lowest BCUT2D eigenvalue weighted by Gasteiger charge is -2.06. The summed E-state index contributed by atoms with van der Waals surface area (Å²) in [5.74, 6) is -0.318. The van der Waals surface area contributed by atoms with E-state index in [2.05, 4.69) is 4.98 Å². The summed E-state index contributed by atoms with van der Waals surface area (Å²) in [6.45, 7) is 1.97. The van der Waals surface area contributed by atoms with Gasteiger partial charge in [0.25, 0.3) is 5.56 Å². The number of rotatable bonds is 2. The van der Waals surface area contributed by atoms with Crippen LogP contribution >= 0.6 is 11.3 Å². The number of aromatic nitrogens is 2. The van der Waals surface area contributed by atoms with E-state index >= 15 is 0 Å². The second kappa shape index (κ2) is 5.69. The van der Waals surface area contributed by atoms with Crippen LogP contribution in [0.1, 0.15) is 5.56 Å². The van der Waals surface area contributed by atoms with Gasteiger partial charge in [-0.2, -0.15) is 0 Å². The highest BCUT2D eigenvalue weighted by atomic mass is 32.1. The minimum atomic E-state index is -0.318. The van der Waals surface area contributed by atoms with E-state index in [1.807, 2.05) is 31.2 Å². The number of halogens is 1. The van der Waals surface area contributed by atoms with Crippen molar-refractivity contribution in [2.75, 3.05) is 0 Å². The molecule has 0 aliphatic heterocycles. The van der Waals surface area contributed by atoms with E-state index in [1.54, 1.807) is 23.6 Å². The van der Waals surface area contributed by atoms with Crippen molar-refractivity contribution >= 4 is 21.6 Å². The van der Waals surface area contributed by atoms with Crippen LogP contribution in [0.15, 0.2) is 65.0 Å². The van der Waals surface area contributed by atoms with E-state index in [0.717, 1.165) is 11.3 Å². The summed E-state index contributed by atoms with van der Waals surface area (Å²) >= 11 is 1.29. The van der Waals surface area contributed by atoms with Gasteiger partial charge in [0.05, 0.1) is 11.2 Å². The summed E-state index contributed by atoms with van der Waals surface area (Å²) in [7, 11) is 0. The van der Waals surface area contributed by atoms with Crippen LogP contribution in [0.5, 0.6) is 0 Å². The molecule has 0 aliphatic carbocycles. The lowest BCUT2D eigenvalue weighted by molar-refractivity contribution is 0.631. The molecule has 24 heavy (non-hydrogen) atoms. The molecule has 0 unspecified atom stereocenters. The molecule has 0 atom stereocenters. The van der Waals surface area contributed by atoms with Crippen LogP contribution in [0, 0.1) is 12.7 Å². The Morgan fingerprint density at radius 1 is 1.08 bits per heavy atom. The molecular weight excluding hydrogens is 323 g/mol. The average Bonchev–Trinajstić information content (AvgIpc) is 3.00. The summed E-state index contributed by atoms with van der Waals surface area (Å²) in [6.07, 6.45) is 1.51. The highest BCUT2D eigenvalue weighted by molar-refractivity contribution is 7.17. The highest BCUT2D eigenvalue weighted by Crippen LogP contribution is 2.32. The van der Waals surface area contributed by atoms with Gasteiger partial charge in [0, 0.05) is 16.5 Å². The molecule has 0 bridgehead atoms. The maximum absolute atomic E-state index is 14.1. The van der Waals surface area contributed by atoms with Crippen LogP contribution in [0.4, 0.5) is 4.39 Å². The topological polar surface area (TPSA) is 34.9 Å². The molecule has 0 fully saturated rings. The number of hydrogen-bond acceptors (Lipinski definition) is 3. The van der Waals surface area contributed by atoms with Gasteiger partial charge >= 0.3 is 0 Å². The maximum atomic E-state index is 14.1. The van der Waals surface area contributed by atoms with Crippen LogP contribution in [-0.4, -0.2) is 9.55 Å². The third-order valence-electron chi connectivity index (χ3n) is 3.92. The molecule has 0 amide bonds. The number of thiophene rings is 1. The van der Waals surface area contributed by atoms with E-state index in [9.17, 15) is 9.18 Å². The van der Waals surface area contributed by atoms with Crippen molar-refractivity contribution in [3.8, 4) is 16.8 Å². The number of nitrogens with zero attached hydrogens (tertiary/aromatic N) is 2. The first kappa shape index (κ1) is 14.8. The monoisotopic (exact) mass is 336 g/mol. The zero-order chi connectivity index (χ0) is 16.7. The van der Waals surface area contributed by atoms with Gasteiger partial charge < -0.3 is 0 Å². The Labute approximate surface area is 141 Å². The normalized spacial score (nSPS) is 11.1. The second-order valence-electron chi connectivity index (χ2n) is 5.57. The first-order valence-corrected chi connectivity index (χ1v) is 8.34. The Morgan fingerprint density at radius 2 is 1.92 bits per heavy atom. The van der Waals surface area contributed by atoms with Gasteiger partial charge in [-0.3, -0.25) is 9.36 Å². The molecule has 0 radical (unpaired) electrons. The summed E-state index contributed by atoms with van der Waals surface area (Å²) < 4.78 is 16.1. The third kappa shape index (κ3) is 2.34. The second-order valence-corrected chi connectivity index (χ2v) is 6.45. The minimum absolute atomic E-state index is 0.141. The van der Waals surface area contributed by atoms with E-state index in [0.29, 0.717) is 21.3 Å². The standard InChI is InChI=1S/C19H13FN2OS/c1-12-5-4-6-13(9-12)22-11-21-17-15(10-24-18(17)19(22)23)14-7-2-3-8-16(14)20/h2-11H,1H3.